The molecule has 0 bridgehead atoms. The summed E-state index contributed by atoms with van der Waals surface area (Å²) in [7, 11) is 0. The zero-order valence-electron chi connectivity index (χ0n) is 17.9. The van der Waals surface area contributed by atoms with Gasteiger partial charge in [-0.15, -0.1) is 0 Å². The number of nitrogens with zero attached hydrogens (tertiary/aromatic N) is 1. The first kappa shape index (κ1) is 22.4. The van der Waals surface area contributed by atoms with Crippen molar-refractivity contribution >= 4 is 40.2 Å². The summed E-state index contributed by atoms with van der Waals surface area (Å²) in [5.41, 5.74) is 1.91. The summed E-state index contributed by atoms with van der Waals surface area (Å²) in [6.07, 6.45) is 1.57. The van der Waals surface area contributed by atoms with Crippen LogP contribution in [0.1, 0.15) is 36.7 Å². The Labute approximate surface area is 184 Å². The smallest absolute Gasteiger partial charge is 0.340 e. The molecule has 9 heteroatoms. The van der Waals surface area contributed by atoms with Crippen molar-refractivity contribution in [3.05, 3.63) is 59.8 Å². The normalized spacial score (nSPS) is 10.8. The van der Waals surface area contributed by atoms with Crippen LogP contribution in [-0.2, 0) is 9.53 Å². The van der Waals surface area contributed by atoms with E-state index in [0.717, 1.165) is 5.52 Å². The second-order valence-electron chi connectivity index (χ2n) is 8.01. The number of nitriles is 1. The summed E-state index contributed by atoms with van der Waals surface area (Å²) >= 11 is 0. The van der Waals surface area contributed by atoms with Crippen LogP contribution in [0.3, 0.4) is 0 Å². The maximum Gasteiger partial charge on any atom is 0.340 e. The molecule has 0 atom stereocenters. The number of rotatable bonds is 5. The SMILES string of the molecule is CC(C)(C)OC(=O)c1c[nH]c2ccc(NC(=O)CNC(=O)Nc3ccc(C#N)cc3)cc12. The van der Waals surface area contributed by atoms with Gasteiger partial charge in [-0.1, -0.05) is 0 Å². The average molecular weight is 433 g/mol. The van der Waals surface area contributed by atoms with Gasteiger partial charge in [-0.25, -0.2) is 9.59 Å². The lowest BCUT2D eigenvalue weighted by Crippen LogP contribution is -2.35. The first-order chi connectivity index (χ1) is 15.1. The highest BCUT2D eigenvalue weighted by Gasteiger charge is 2.21. The average Bonchev–Trinajstić information content (AvgIpc) is 3.15. The highest BCUT2D eigenvalue weighted by Crippen LogP contribution is 2.24. The Balaban J connectivity index is 1.59. The van der Waals surface area contributed by atoms with Gasteiger partial charge >= 0.3 is 12.0 Å². The van der Waals surface area contributed by atoms with Crippen LogP contribution in [0.2, 0.25) is 0 Å². The fourth-order valence-electron chi connectivity index (χ4n) is 2.87. The number of nitrogens with one attached hydrogen (secondary N) is 4. The number of anilines is 2. The molecule has 164 valence electrons. The number of carbonyl (C=O) groups is 3. The van der Waals surface area contributed by atoms with Crippen LogP contribution in [-0.4, -0.2) is 35.0 Å². The number of H-pyrrole nitrogens is 1. The first-order valence-electron chi connectivity index (χ1n) is 9.84. The van der Waals surface area contributed by atoms with Crippen LogP contribution < -0.4 is 16.0 Å². The number of fused-ring (bicyclic) bond motifs is 1. The second-order valence-corrected chi connectivity index (χ2v) is 8.01. The predicted molar refractivity (Wildman–Crippen MR) is 120 cm³/mol. The highest BCUT2D eigenvalue weighted by atomic mass is 16.6. The third-order valence-corrected chi connectivity index (χ3v) is 4.27. The van der Waals surface area contributed by atoms with Gasteiger partial charge in [0.2, 0.25) is 5.91 Å². The van der Waals surface area contributed by atoms with Crippen molar-refractivity contribution in [2.24, 2.45) is 0 Å². The largest absolute Gasteiger partial charge is 0.456 e. The lowest BCUT2D eigenvalue weighted by molar-refractivity contribution is -0.115. The van der Waals surface area contributed by atoms with Gasteiger partial charge in [0.05, 0.1) is 23.7 Å². The van der Waals surface area contributed by atoms with Gasteiger partial charge in [0.15, 0.2) is 0 Å². The molecule has 0 aliphatic carbocycles. The molecule has 32 heavy (non-hydrogen) atoms. The van der Waals surface area contributed by atoms with Crippen LogP contribution in [0.5, 0.6) is 0 Å². The van der Waals surface area contributed by atoms with Gasteiger partial charge in [-0.3, -0.25) is 4.79 Å². The molecule has 9 nitrogen and oxygen atoms in total. The minimum absolute atomic E-state index is 0.258. The van der Waals surface area contributed by atoms with E-state index < -0.39 is 23.5 Å². The summed E-state index contributed by atoms with van der Waals surface area (Å²) in [6.45, 7) is 5.11. The van der Waals surface area contributed by atoms with Crippen molar-refractivity contribution in [1.82, 2.24) is 10.3 Å². The summed E-state index contributed by atoms with van der Waals surface area (Å²) in [4.78, 5) is 39.7. The number of hydrogen-bond donors (Lipinski definition) is 4. The Morgan fingerprint density at radius 2 is 1.72 bits per heavy atom. The minimum atomic E-state index is -0.628. The summed E-state index contributed by atoms with van der Waals surface area (Å²) in [5, 5.41) is 17.1. The number of hydrogen-bond acceptors (Lipinski definition) is 5. The third-order valence-electron chi connectivity index (χ3n) is 4.27. The zero-order valence-corrected chi connectivity index (χ0v) is 17.9. The van der Waals surface area contributed by atoms with Crippen LogP contribution in [0.15, 0.2) is 48.7 Å². The molecule has 0 fully saturated rings. The number of amides is 3. The molecule has 1 heterocycles. The number of aromatic nitrogens is 1. The lowest BCUT2D eigenvalue weighted by atomic mass is 10.1. The minimum Gasteiger partial charge on any atom is -0.456 e. The molecule has 0 radical (unpaired) electrons. The van der Waals surface area contributed by atoms with Gasteiger partial charge in [0, 0.05) is 28.5 Å². The Hall–Kier alpha value is -4.32. The van der Waals surface area contributed by atoms with Crippen LogP contribution in [0.4, 0.5) is 16.2 Å². The molecule has 1 aromatic heterocycles. The van der Waals surface area contributed by atoms with E-state index >= 15 is 0 Å². The topological polar surface area (TPSA) is 136 Å². The number of benzene rings is 2. The summed E-state index contributed by atoms with van der Waals surface area (Å²) in [5.74, 6) is -0.901. The van der Waals surface area contributed by atoms with Gasteiger partial charge in [0.25, 0.3) is 0 Å². The lowest BCUT2D eigenvalue weighted by Gasteiger charge is -2.19. The van der Waals surface area contributed by atoms with Crippen molar-refractivity contribution in [2.75, 3.05) is 17.2 Å². The monoisotopic (exact) mass is 433 g/mol. The molecule has 3 amide bonds. The Morgan fingerprint density at radius 1 is 1.03 bits per heavy atom. The van der Waals surface area contributed by atoms with Crippen LogP contribution >= 0.6 is 0 Å². The van der Waals surface area contributed by atoms with Gasteiger partial charge < -0.3 is 25.7 Å². The molecule has 0 aliphatic heterocycles. The number of urea groups is 1. The number of esters is 1. The molecule has 0 saturated carbocycles. The van der Waals surface area contributed by atoms with Crippen LogP contribution in [0, 0.1) is 11.3 Å². The molecular formula is C23H23N5O4. The number of carbonyl (C=O) groups excluding carboxylic acids is 3. The highest BCUT2D eigenvalue weighted by molar-refractivity contribution is 6.06. The van der Waals surface area contributed by atoms with Crippen molar-refractivity contribution in [2.45, 2.75) is 26.4 Å². The maximum atomic E-state index is 12.4. The Kier molecular flexibility index (Phi) is 6.45. The quantitative estimate of drug-likeness (QED) is 0.454. The summed E-state index contributed by atoms with van der Waals surface area (Å²) < 4.78 is 5.42. The molecule has 4 N–H and O–H groups in total. The zero-order chi connectivity index (χ0) is 23.3. The van der Waals surface area contributed by atoms with Crippen molar-refractivity contribution in [1.29, 1.82) is 5.26 Å². The summed E-state index contributed by atoms with van der Waals surface area (Å²) in [6, 6.07) is 12.9. The predicted octanol–water partition coefficient (Wildman–Crippen LogP) is 3.76. The Morgan fingerprint density at radius 3 is 2.38 bits per heavy atom. The van der Waals surface area contributed by atoms with E-state index in [1.165, 1.54) is 0 Å². The maximum absolute atomic E-state index is 12.4. The Bertz CT molecular complexity index is 1200. The molecule has 0 aliphatic rings. The van der Waals surface area contributed by atoms with E-state index in [-0.39, 0.29) is 6.54 Å². The molecule has 3 aromatic rings. The van der Waals surface area contributed by atoms with Crippen molar-refractivity contribution in [3.8, 4) is 6.07 Å². The van der Waals surface area contributed by atoms with Gasteiger partial charge in [-0.05, 0) is 63.2 Å². The molecule has 0 unspecified atom stereocenters. The fourth-order valence-corrected chi connectivity index (χ4v) is 2.87. The molecule has 0 spiro atoms. The van der Waals surface area contributed by atoms with Gasteiger partial charge in [-0.2, -0.15) is 5.26 Å². The first-order valence-corrected chi connectivity index (χ1v) is 9.84. The molecule has 3 rings (SSSR count). The number of aromatic amines is 1. The van der Waals surface area contributed by atoms with Crippen LogP contribution in [0.25, 0.3) is 10.9 Å². The molecular weight excluding hydrogens is 410 g/mol. The van der Waals surface area contributed by atoms with E-state index in [2.05, 4.69) is 20.9 Å². The standard InChI is InChI=1S/C23H23N5O4/c1-23(2,3)32-21(30)18-12-25-19-9-8-16(10-17(18)19)27-20(29)13-26-22(31)28-15-6-4-14(11-24)5-7-15/h4-10,12,25H,13H2,1-3H3,(H,27,29)(H2,26,28,31). The second kappa shape index (κ2) is 9.22. The van der Waals surface area contributed by atoms with E-state index in [0.29, 0.717) is 27.9 Å². The van der Waals surface area contributed by atoms with Gasteiger partial charge in [0.1, 0.15) is 5.60 Å². The van der Waals surface area contributed by atoms with Crippen molar-refractivity contribution < 1.29 is 19.1 Å². The third kappa shape index (κ3) is 5.86. The fraction of sp³-hybridized carbons (Fsp3) is 0.217. The number of ether oxygens (including phenoxy) is 1. The van der Waals surface area contributed by atoms with E-state index in [9.17, 15) is 14.4 Å². The molecule has 2 aromatic carbocycles. The van der Waals surface area contributed by atoms with E-state index in [4.69, 9.17) is 10.00 Å². The van der Waals surface area contributed by atoms with E-state index in [1.807, 2.05) is 6.07 Å². The molecule has 0 saturated heterocycles. The van der Waals surface area contributed by atoms with Crippen molar-refractivity contribution in [3.63, 3.8) is 0 Å². The van der Waals surface area contributed by atoms with E-state index in [1.54, 1.807) is 69.4 Å².